The van der Waals surface area contributed by atoms with Crippen molar-refractivity contribution in [3.8, 4) is 17.1 Å². The van der Waals surface area contributed by atoms with E-state index in [-0.39, 0.29) is 22.8 Å². The lowest BCUT2D eigenvalue weighted by molar-refractivity contribution is 0.101. The summed E-state index contributed by atoms with van der Waals surface area (Å²) in [5, 5.41) is 8.02. The van der Waals surface area contributed by atoms with Gasteiger partial charge >= 0.3 is 0 Å². The zero-order valence-electron chi connectivity index (χ0n) is 19.5. The van der Waals surface area contributed by atoms with Crippen LogP contribution in [-0.2, 0) is 0 Å². The van der Waals surface area contributed by atoms with Crippen molar-refractivity contribution in [2.24, 2.45) is 0 Å². The van der Waals surface area contributed by atoms with Crippen LogP contribution in [0.25, 0.3) is 22.3 Å². The van der Waals surface area contributed by atoms with Crippen LogP contribution >= 0.6 is 11.6 Å². The third kappa shape index (κ3) is 4.36. The Labute approximate surface area is 211 Å². The highest BCUT2D eigenvalue weighted by molar-refractivity contribution is 6.30. The normalized spacial score (nSPS) is 11.0. The number of nitrogens with one attached hydrogen (secondary N) is 1. The number of carbonyl (C=O) groups excluding carboxylic acids is 2. The van der Waals surface area contributed by atoms with Crippen molar-refractivity contribution in [2.75, 3.05) is 11.9 Å². The fraction of sp³-hybridized carbons (Fsp3) is 0.107. The molecule has 8 heteroatoms. The van der Waals surface area contributed by atoms with Gasteiger partial charge in [0, 0.05) is 21.5 Å². The highest BCUT2D eigenvalue weighted by Gasteiger charge is 2.27. The number of carbonyl (C=O) groups is 2. The smallest absolute Gasteiger partial charge is 0.261 e. The molecule has 0 saturated carbocycles. The van der Waals surface area contributed by atoms with E-state index in [2.05, 4.69) is 10.5 Å². The Kier molecular flexibility index (Phi) is 6.31. The molecule has 1 amide bonds. The average Bonchev–Trinajstić information content (AvgIpc) is 3.45. The molecule has 3 aromatic carbocycles. The molecule has 0 atom stereocenters. The Balaban J connectivity index is 1.54. The van der Waals surface area contributed by atoms with Crippen molar-refractivity contribution < 1.29 is 23.3 Å². The first-order valence-corrected chi connectivity index (χ1v) is 11.7. The van der Waals surface area contributed by atoms with Crippen molar-refractivity contribution in [1.82, 2.24) is 5.16 Å². The van der Waals surface area contributed by atoms with Crippen LogP contribution in [0.1, 0.15) is 39.1 Å². The maximum absolute atomic E-state index is 13.5. The highest BCUT2D eigenvalue weighted by atomic mass is 35.5. The molecule has 0 saturated heterocycles. The molecule has 0 radical (unpaired) electrons. The largest absolute Gasteiger partial charge is 0.494 e. The minimum Gasteiger partial charge on any atom is -0.494 e. The number of amides is 1. The summed E-state index contributed by atoms with van der Waals surface area (Å²) in [6, 6.07) is 20.8. The molecule has 2 aromatic heterocycles. The van der Waals surface area contributed by atoms with Gasteiger partial charge in [-0.15, -0.1) is 0 Å². The topological polar surface area (TPSA) is 94.6 Å². The number of rotatable bonds is 7. The van der Waals surface area contributed by atoms with E-state index in [4.69, 9.17) is 25.3 Å². The third-order valence-corrected chi connectivity index (χ3v) is 5.92. The molecule has 5 aromatic rings. The number of furan rings is 1. The second-order valence-electron chi connectivity index (χ2n) is 8.02. The van der Waals surface area contributed by atoms with Crippen LogP contribution in [0.15, 0.2) is 81.7 Å². The van der Waals surface area contributed by atoms with Crippen molar-refractivity contribution in [1.29, 1.82) is 0 Å². The van der Waals surface area contributed by atoms with E-state index >= 15 is 0 Å². The Hall–Kier alpha value is -4.36. The van der Waals surface area contributed by atoms with Crippen LogP contribution in [0, 0.1) is 6.92 Å². The van der Waals surface area contributed by atoms with Crippen molar-refractivity contribution in [3.05, 3.63) is 100 Å². The lowest BCUT2D eigenvalue weighted by Crippen LogP contribution is -2.15. The van der Waals surface area contributed by atoms with Crippen LogP contribution in [0.4, 0.5) is 5.69 Å². The second kappa shape index (κ2) is 9.71. The summed E-state index contributed by atoms with van der Waals surface area (Å²) in [5.74, 6) is 0.130. The number of halogens is 1. The summed E-state index contributed by atoms with van der Waals surface area (Å²) in [5.41, 5.74) is 2.45. The summed E-state index contributed by atoms with van der Waals surface area (Å²) in [7, 11) is 0. The number of benzene rings is 3. The predicted molar refractivity (Wildman–Crippen MR) is 137 cm³/mol. The maximum Gasteiger partial charge on any atom is 0.261 e. The predicted octanol–water partition coefficient (Wildman–Crippen LogP) is 6.93. The molecule has 0 fully saturated rings. The fourth-order valence-corrected chi connectivity index (χ4v) is 4.07. The monoisotopic (exact) mass is 500 g/mol. The van der Waals surface area contributed by atoms with Gasteiger partial charge in [0.25, 0.3) is 5.91 Å². The maximum atomic E-state index is 13.5. The quantitative estimate of drug-likeness (QED) is 0.243. The molecule has 0 spiro atoms. The number of ketones is 1. The van der Waals surface area contributed by atoms with Crippen LogP contribution in [0.2, 0.25) is 5.02 Å². The van der Waals surface area contributed by atoms with Crippen molar-refractivity contribution in [2.45, 2.75) is 13.8 Å². The number of para-hydroxylation sites is 1. The summed E-state index contributed by atoms with van der Waals surface area (Å²) in [6.45, 7) is 4.09. The lowest BCUT2D eigenvalue weighted by atomic mass is 10.0. The highest BCUT2D eigenvalue weighted by Crippen LogP contribution is 2.34. The van der Waals surface area contributed by atoms with Crippen LogP contribution in [0.3, 0.4) is 0 Å². The van der Waals surface area contributed by atoms with Crippen LogP contribution in [-0.4, -0.2) is 23.5 Å². The molecule has 7 nitrogen and oxygen atoms in total. The Morgan fingerprint density at radius 1 is 1.00 bits per heavy atom. The van der Waals surface area contributed by atoms with Gasteiger partial charge in [-0.3, -0.25) is 9.59 Å². The molecule has 0 unspecified atom stereocenters. The number of aromatic nitrogens is 1. The average molecular weight is 501 g/mol. The Bertz CT molecular complexity index is 1570. The molecule has 0 aliphatic heterocycles. The van der Waals surface area contributed by atoms with E-state index in [0.717, 1.165) is 0 Å². The van der Waals surface area contributed by atoms with Gasteiger partial charge in [0.1, 0.15) is 16.9 Å². The van der Waals surface area contributed by atoms with E-state index in [1.165, 1.54) is 0 Å². The molecule has 5 rings (SSSR count). The summed E-state index contributed by atoms with van der Waals surface area (Å²) >= 11 is 6.00. The van der Waals surface area contributed by atoms with Gasteiger partial charge in [-0.1, -0.05) is 28.9 Å². The second-order valence-corrected chi connectivity index (χ2v) is 8.46. The van der Waals surface area contributed by atoms with Crippen molar-refractivity contribution >= 4 is 39.9 Å². The summed E-state index contributed by atoms with van der Waals surface area (Å²) in [4.78, 5) is 27.0. The number of aryl methyl sites for hydroxylation is 1. The van der Waals surface area contributed by atoms with Gasteiger partial charge in [-0.25, -0.2) is 0 Å². The number of hydrogen-bond acceptors (Lipinski definition) is 6. The van der Waals surface area contributed by atoms with Gasteiger partial charge in [0.05, 0.1) is 18.0 Å². The minimum absolute atomic E-state index is 0.0239. The van der Waals surface area contributed by atoms with Gasteiger partial charge in [0.15, 0.2) is 11.5 Å². The molecule has 0 bridgehead atoms. The number of fused-ring (bicyclic) bond motifs is 1. The number of anilines is 1. The first-order chi connectivity index (χ1) is 17.5. The molecule has 180 valence electrons. The summed E-state index contributed by atoms with van der Waals surface area (Å²) < 4.78 is 16.9. The van der Waals surface area contributed by atoms with Crippen molar-refractivity contribution in [3.63, 3.8) is 0 Å². The standard InChI is InChI=1S/C28H21ClN2O5/c1-3-34-20-14-10-17(11-15-20)25(32)27-24(21-6-4-5-7-22(21)35-27)30-28(33)23-16(2)31-36-26(23)18-8-12-19(29)13-9-18/h4-15H,3H2,1-2H3,(H,30,33). The lowest BCUT2D eigenvalue weighted by Gasteiger charge is -2.08. The zero-order valence-corrected chi connectivity index (χ0v) is 20.3. The first-order valence-electron chi connectivity index (χ1n) is 11.3. The van der Waals surface area contributed by atoms with Gasteiger partial charge in [-0.05, 0) is 74.5 Å². The Morgan fingerprint density at radius 3 is 2.44 bits per heavy atom. The number of ether oxygens (including phenoxy) is 1. The van der Waals surface area contributed by atoms with E-state index < -0.39 is 5.91 Å². The molecule has 0 aliphatic rings. The Morgan fingerprint density at radius 2 is 1.72 bits per heavy atom. The molecule has 2 heterocycles. The van der Waals surface area contributed by atoms with E-state index in [1.54, 1.807) is 73.7 Å². The number of hydrogen-bond donors (Lipinski definition) is 1. The molecular weight excluding hydrogens is 480 g/mol. The molecular formula is C28H21ClN2O5. The molecule has 0 aliphatic carbocycles. The molecule has 1 N–H and O–H groups in total. The van der Waals surface area contributed by atoms with Gasteiger partial charge in [-0.2, -0.15) is 0 Å². The number of nitrogens with zero attached hydrogens (tertiary/aromatic N) is 1. The van der Waals surface area contributed by atoms with Crippen LogP contribution < -0.4 is 10.1 Å². The zero-order chi connectivity index (χ0) is 25.2. The van der Waals surface area contributed by atoms with Gasteiger partial charge in [0.2, 0.25) is 5.78 Å². The first kappa shape index (κ1) is 23.4. The third-order valence-electron chi connectivity index (χ3n) is 5.66. The van der Waals surface area contributed by atoms with E-state index in [0.29, 0.717) is 50.9 Å². The molecule has 36 heavy (non-hydrogen) atoms. The van der Waals surface area contributed by atoms with Gasteiger partial charge < -0.3 is 19.0 Å². The van der Waals surface area contributed by atoms with E-state index in [1.807, 2.05) is 13.0 Å². The fourth-order valence-electron chi connectivity index (χ4n) is 3.94. The SMILES string of the molecule is CCOc1ccc(C(=O)c2oc3ccccc3c2NC(=O)c2c(C)noc2-c2ccc(Cl)cc2)cc1. The van der Waals surface area contributed by atoms with E-state index in [9.17, 15) is 9.59 Å². The van der Waals surface area contributed by atoms with Crippen LogP contribution in [0.5, 0.6) is 5.75 Å². The summed E-state index contributed by atoms with van der Waals surface area (Å²) in [6.07, 6.45) is 0. The minimum atomic E-state index is -0.481.